The number of anilines is 6. The number of benzene rings is 14. The van der Waals surface area contributed by atoms with Crippen molar-refractivity contribution in [3.8, 4) is 33.6 Å². The lowest BCUT2D eigenvalue weighted by molar-refractivity contribution is 0.661. The number of aromatic nitrogens is 2. The molecule has 14 aromatic carbocycles. The van der Waals surface area contributed by atoms with E-state index in [1.807, 2.05) is 0 Å². The highest BCUT2D eigenvalue weighted by atomic mass is 28.3. The monoisotopic (exact) mass is 1230 g/mol. The summed E-state index contributed by atoms with van der Waals surface area (Å²) in [6.45, 7) is 9.79. The molecule has 0 saturated heterocycles. The normalized spacial score (nSPS) is 13.4. The van der Waals surface area contributed by atoms with Crippen molar-refractivity contribution in [2.45, 2.75) is 38.5 Å². The van der Waals surface area contributed by atoms with Crippen LogP contribution in [0.3, 0.4) is 0 Å². The lowest BCUT2D eigenvalue weighted by Crippen LogP contribution is -2.75. The van der Waals surface area contributed by atoms with E-state index in [0.717, 1.165) is 45.5 Å². The Labute approximate surface area is 556 Å². The van der Waals surface area contributed by atoms with Crippen LogP contribution in [0.1, 0.15) is 49.9 Å². The summed E-state index contributed by atoms with van der Waals surface area (Å²) in [5.41, 5.74) is 23.7. The zero-order valence-corrected chi connectivity index (χ0v) is 54.6. The van der Waals surface area contributed by atoms with Crippen LogP contribution in [-0.4, -0.2) is 17.2 Å². The largest absolute Gasteiger partial charge is 0.310 e. The molecule has 4 nitrogen and oxygen atoms in total. The van der Waals surface area contributed by atoms with Crippen molar-refractivity contribution in [2.75, 3.05) is 9.80 Å². The van der Waals surface area contributed by atoms with Gasteiger partial charge in [0.15, 0.2) is 8.07 Å². The van der Waals surface area contributed by atoms with Crippen molar-refractivity contribution in [2.24, 2.45) is 0 Å². The highest BCUT2D eigenvalue weighted by molar-refractivity contribution is 7.20. The highest BCUT2D eigenvalue weighted by Crippen LogP contribution is 2.53. The molecule has 0 radical (unpaired) electrons. The SMILES string of the molecule is CC1(C)c2cc(N(c3ccccc3)c3ccc4c(c3)c3ccccc3n4-c3ccccc3)ccc2-c2ccc([Si](c3ccccc3)(c3ccccc3)c3ccc4c(c3)C(C)(C)c3cc(N(c5ccccc5)c5ccc6c(c5)c5ccccc5n6-c5ccccc5)ccc3-4)cc21. The van der Waals surface area contributed by atoms with Gasteiger partial charge in [0.05, 0.1) is 22.1 Å². The van der Waals surface area contributed by atoms with E-state index in [9.17, 15) is 0 Å². The van der Waals surface area contributed by atoms with E-state index < -0.39 is 8.07 Å². The van der Waals surface area contributed by atoms with Crippen LogP contribution in [-0.2, 0) is 10.8 Å². The van der Waals surface area contributed by atoms with E-state index in [2.05, 4.69) is 386 Å². The van der Waals surface area contributed by atoms with Gasteiger partial charge in [-0.05, 0) is 187 Å². The fourth-order valence-electron chi connectivity index (χ4n) is 16.5. The molecule has 16 aromatic rings. The van der Waals surface area contributed by atoms with Gasteiger partial charge in [0.1, 0.15) is 0 Å². The van der Waals surface area contributed by atoms with E-state index >= 15 is 0 Å². The zero-order valence-electron chi connectivity index (χ0n) is 53.6. The standard InChI is InChI=1S/C90H68N4Si/c1-89(2)81-57-67(91(61-27-11-5-12-28-61)65-45-53-87-79(55-65)77-39-23-25-41-85(77)93(87)63-31-15-7-16-32-63)43-49-73(81)75-51-47-71(59-83(75)89)95(69-35-19-9-20-36-69,70-37-21-10-22-38-70)72-48-52-76-74-50-44-68(58-82(74)90(3,4)84(76)60-72)92(62-29-13-6-14-30-62)66-46-54-88-80(56-66)78-40-24-26-42-86(78)94(88)64-33-17-8-18-34-64/h5-60H,1-4H3. The van der Waals surface area contributed by atoms with Crippen molar-refractivity contribution < 1.29 is 0 Å². The summed E-state index contributed by atoms with van der Waals surface area (Å²) in [7, 11) is -3.10. The van der Waals surface area contributed by atoms with Crippen molar-refractivity contribution in [3.63, 3.8) is 0 Å². The second-order valence-corrected chi connectivity index (χ2v) is 30.6. The molecule has 0 bridgehead atoms. The number of hydrogen-bond donors (Lipinski definition) is 0. The molecule has 0 spiro atoms. The van der Waals surface area contributed by atoms with Crippen molar-refractivity contribution >= 4 is 107 Å². The first-order valence-electron chi connectivity index (χ1n) is 33.2. The number of hydrogen-bond acceptors (Lipinski definition) is 2. The molecule has 452 valence electrons. The van der Waals surface area contributed by atoms with Gasteiger partial charge in [-0.1, -0.05) is 246 Å². The Kier molecular flexibility index (Phi) is 12.9. The van der Waals surface area contributed by atoms with Crippen molar-refractivity contribution in [3.05, 3.63) is 362 Å². The molecule has 2 heterocycles. The molecule has 0 fully saturated rings. The Morgan fingerprint density at radius 1 is 0.232 bits per heavy atom. The molecule has 0 unspecified atom stereocenters. The molecule has 0 saturated carbocycles. The lowest BCUT2D eigenvalue weighted by atomic mass is 9.82. The van der Waals surface area contributed by atoms with Gasteiger partial charge in [-0.25, -0.2) is 0 Å². The summed E-state index contributed by atoms with van der Waals surface area (Å²) in [4.78, 5) is 4.89. The molecule has 0 N–H and O–H groups in total. The number of rotatable bonds is 12. The third-order valence-electron chi connectivity index (χ3n) is 21.0. The summed E-state index contributed by atoms with van der Waals surface area (Å²) in [5, 5.41) is 10.4. The van der Waals surface area contributed by atoms with Crippen LogP contribution in [0, 0.1) is 0 Å². The first kappa shape index (κ1) is 56.3. The maximum Gasteiger partial charge on any atom is 0.179 e. The van der Waals surface area contributed by atoms with Gasteiger partial charge in [0.25, 0.3) is 0 Å². The Morgan fingerprint density at radius 3 is 0.916 bits per heavy atom. The molecule has 0 aliphatic heterocycles. The van der Waals surface area contributed by atoms with Crippen molar-refractivity contribution in [1.29, 1.82) is 0 Å². The average Bonchev–Trinajstić information content (AvgIpc) is 1.64. The summed E-state index contributed by atoms with van der Waals surface area (Å²) in [6, 6.07) is 127. The first-order valence-corrected chi connectivity index (χ1v) is 35.2. The summed E-state index contributed by atoms with van der Waals surface area (Å²) in [6.07, 6.45) is 0. The minimum Gasteiger partial charge on any atom is -0.310 e. The van der Waals surface area contributed by atoms with Gasteiger partial charge >= 0.3 is 0 Å². The first-order chi connectivity index (χ1) is 46.6. The zero-order chi connectivity index (χ0) is 63.6. The Bertz CT molecular complexity index is 5300. The van der Waals surface area contributed by atoms with Crippen LogP contribution < -0.4 is 30.5 Å². The second-order valence-electron chi connectivity index (χ2n) is 26.8. The van der Waals surface area contributed by atoms with Crippen LogP contribution in [0.5, 0.6) is 0 Å². The van der Waals surface area contributed by atoms with Crippen LogP contribution >= 0.6 is 0 Å². The summed E-state index contributed by atoms with van der Waals surface area (Å²) >= 11 is 0. The average molecular weight is 1230 g/mol. The molecule has 18 rings (SSSR count). The molecule has 5 heteroatoms. The molecule has 2 aliphatic carbocycles. The molecule has 2 aromatic heterocycles. The third kappa shape index (κ3) is 8.66. The van der Waals surface area contributed by atoms with E-state index in [4.69, 9.17) is 0 Å². The van der Waals surface area contributed by atoms with Crippen LogP contribution in [0.2, 0.25) is 0 Å². The Balaban J connectivity index is 0.749. The van der Waals surface area contributed by atoms with Gasteiger partial charge in [-0.2, -0.15) is 0 Å². The van der Waals surface area contributed by atoms with Gasteiger partial charge < -0.3 is 18.9 Å². The second kappa shape index (κ2) is 21.8. The molecule has 95 heavy (non-hydrogen) atoms. The van der Waals surface area contributed by atoms with Crippen LogP contribution in [0.15, 0.2) is 340 Å². The van der Waals surface area contributed by atoms with Gasteiger partial charge in [-0.15, -0.1) is 0 Å². The fraction of sp³-hybridized carbons (Fsp3) is 0.0667. The summed E-state index contributed by atoms with van der Waals surface area (Å²) < 4.78 is 4.79. The van der Waals surface area contributed by atoms with E-state index in [0.29, 0.717) is 0 Å². The van der Waals surface area contributed by atoms with Gasteiger partial charge in [0, 0.05) is 77.9 Å². The van der Waals surface area contributed by atoms with Crippen molar-refractivity contribution in [1.82, 2.24) is 9.13 Å². The smallest absolute Gasteiger partial charge is 0.179 e. The molecule has 2 aliphatic rings. The minimum absolute atomic E-state index is 0.334. The molecular formula is C90H68N4Si. The fourth-order valence-corrected chi connectivity index (χ4v) is 21.3. The van der Waals surface area contributed by atoms with Crippen LogP contribution in [0.4, 0.5) is 34.1 Å². The minimum atomic E-state index is -3.10. The van der Waals surface area contributed by atoms with Gasteiger partial charge in [-0.3, -0.25) is 0 Å². The van der Waals surface area contributed by atoms with Gasteiger partial charge in [0.2, 0.25) is 0 Å². The number of nitrogens with zero attached hydrogens (tertiary/aromatic N) is 4. The number of para-hydroxylation sites is 6. The maximum atomic E-state index is 2.63. The topological polar surface area (TPSA) is 16.3 Å². The Morgan fingerprint density at radius 2 is 0.526 bits per heavy atom. The maximum absolute atomic E-state index is 3.10. The molecule has 0 atom stereocenters. The van der Waals surface area contributed by atoms with E-state index in [-0.39, 0.29) is 10.8 Å². The quantitative estimate of drug-likeness (QED) is 0.0895. The molecule has 0 amide bonds. The Hall–Kier alpha value is -11.5. The predicted molar refractivity (Wildman–Crippen MR) is 403 cm³/mol. The highest BCUT2D eigenvalue weighted by Gasteiger charge is 2.46. The van der Waals surface area contributed by atoms with E-state index in [1.54, 1.807) is 0 Å². The third-order valence-corrected chi connectivity index (χ3v) is 25.8. The predicted octanol–water partition coefficient (Wildman–Crippen LogP) is 20.8. The lowest BCUT2D eigenvalue weighted by Gasteiger charge is -2.36. The number of fused-ring (bicyclic) bond motifs is 12. The van der Waals surface area contributed by atoms with E-state index in [1.165, 1.54) is 109 Å². The van der Waals surface area contributed by atoms with Crippen LogP contribution in [0.25, 0.3) is 77.2 Å². The summed E-state index contributed by atoms with van der Waals surface area (Å²) in [5.74, 6) is 0. The molecular weight excluding hydrogens is 1170 g/mol.